The summed E-state index contributed by atoms with van der Waals surface area (Å²) in [6.45, 7) is 7.91. The van der Waals surface area contributed by atoms with Gasteiger partial charge in [0.25, 0.3) is 0 Å². The second-order valence-electron chi connectivity index (χ2n) is 8.51. The number of para-hydroxylation sites is 1. The Morgan fingerprint density at radius 3 is 2.16 bits per heavy atom. The van der Waals surface area contributed by atoms with E-state index < -0.39 is 10.0 Å². The topological polar surface area (TPSA) is 75.7 Å². The van der Waals surface area contributed by atoms with Gasteiger partial charge in [-0.05, 0) is 47.6 Å². The Balaban J connectivity index is 2.29. The van der Waals surface area contributed by atoms with E-state index in [0.29, 0.717) is 11.6 Å². The number of amides is 1. The van der Waals surface area contributed by atoms with Crippen LogP contribution < -0.4 is 14.4 Å². The first-order valence-corrected chi connectivity index (χ1v) is 12.4. The van der Waals surface area contributed by atoms with Gasteiger partial charge in [-0.15, -0.1) is 0 Å². The zero-order valence-electron chi connectivity index (χ0n) is 19.3. The molecule has 0 saturated carbocycles. The van der Waals surface area contributed by atoms with E-state index in [9.17, 15) is 13.2 Å². The zero-order chi connectivity index (χ0) is 23.2. The molecule has 0 saturated heterocycles. The van der Waals surface area contributed by atoms with E-state index in [1.165, 1.54) is 4.31 Å². The predicted molar refractivity (Wildman–Crippen MR) is 126 cm³/mol. The van der Waals surface area contributed by atoms with Crippen LogP contribution in [0.1, 0.15) is 57.2 Å². The third-order valence-electron chi connectivity index (χ3n) is 5.08. The van der Waals surface area contributed by atoms with Gasteiger partial charge in [0.05, 0.1) is 25.1 Å². The van der Waals surface area contributed by atoms with E-state index in [1.807, 2.05) is 50.2 Å². The molecule has 2 rings (SSSR count). The number of nitrogens with one attached hydrogen (secondary N) is 1. The molecule has 7 heteroatoms. The summed E-state index contributed by atoms with van der Waals surface area (Å²) < 4.78 is 31.6. The van der Waals surface area contributed by atoms with E-state index in [1.54, 1.807) is 19.2 Å². The fraction of sp³-hybridized carbons (Fsp3) is 0.458. The minimum Gasteiger partial charge on any atom is -0.497 e. The van der Waals surface area contributed by atoms with Crippen molar-refractivity contribution < 1.29 is 17.9 Å². The normalized spacial score (nSPS) is 12.6. The van der Waals surface area contributed by atoms with Crippen molar-refractivity contribution in [2.45, 2.75) is 46.1 Å². The lowest BCUT2D eigenvalue weighted by Gasteiger charge is -2.27. The number of hydrogen-bond acceptors (Lipinski definition) is 4. The number of methoxy groups -OCH3 is 1. The SMILES string of the molecule is COc1ccc([C@H](CC(C)C)NC(=O)CN(c2ccccc2C(C)C)S(C)(=O)=O)cc1. The third-order valence-corrected chi connectivity index (χ3v) is 6.20. The maximum Gasteiger partial charge on any atom is 0.241 e. The van der Waals surface area contributed by atoms with Crippen LogP contribution in [0, 0.1) is 5.92 Å². The molecule has 0 aromatic heterocycles. The highest BCUT2D eigenvalue weighted by atomic mass is 32.2. The maximum absolute atomic E-state index is 13.0. The van der Waals surface area contributed by atoms with Gasteiger partial charge in [-0.1, -0.05) is 58.0 Å². The molecule has 2 aromatic rings. The van der Waals surface area contributed by atoms with Crippen molar-refractivity contribution >= 4 is 21.6 Å². The lowest BCUT2D eigenvalue weighted by atomic mass is 9.97. The number of carbonyl (C=O) groups is 1. The summed E-state index contributed by atoms with van der Waals surface area (Å²) in [6.07, 6.45) is 1.87. The molecule has 0 fully saturated rings. The average molecular weight is 447 g/mol. The van der Waals surface area contributed by atoms with Gasteiger partial charge in [0.1, 0.15) is 12.3 Å². The summed E-state index contributed by atoms with van der Waals surface area (Å²) >= 11 is 0. The van der Waals surface area contributed by atoms with Crippen molar-refractivity contribution in [3.8, 4) is 5.75 Å². The first-order valence-electron chi connectivity index (χ1n) is 10.5. The maximum atomic E-state index is 13.0. The second kappa shape index (κ2) is 10.7. The molecular formula is C24H34N2O4S. The molecule has 1 amide bonds. The highest BCUT2D eigenvalue weighted by Gasteiger charge is 2.25. The highest BCUT2D eigenvalue weighted by molar-refractivity contribution is 7.92. The fourth-order valence-electron chi connectivity index (χ4n) is 3.54. The minimum absolute atomic E-state index is 0.122. The number of nitrogens with zero attached hydrogens (tertiary/aromatic N) is 1. The predicted octanol–water partition coefficient (Wildman–Crippen LogP) is 4.49. The van der Waals surface area contributed by atoms with E-state index in [-0.39, 0.29) is 24.4 Å². The largest absolute Gasteiger partial charge is 0.497 e. The fourth-order valence-corrected chi connectivity index (χ4v) is 4.42. The summed E-state index contributed by atoms with van der Waals surface area (Å²) in [5.41, 5.74) is 2.38. The molecule has 2 aromatic carbocycles. The number of rotatable bonds is 10. The van der Waals surface area contributed by atoms with Crippen molar-refractivity contribution in [3.63, 3.8) is 0 Å². The summed E-state index contributed by atoms with van der Waals surface area (Å²) in [4.78, 5) is 13.0. The molecule has 0 radical (unpaired) electrons. The molecule has 1 atom stereocenters. The van der Waals surface area contributed by atoms with Crippen LogP contribution in [-0.2, 0) is 14.8 Å². The molecule has 0 aliphatic heterocycles. The summed E-state index contributed by atoms with van der Waals surface area (Å²) in [5.74, 6) is 0.869. The number of carbonyl (C=O) groups excluding carboxylic acids is 1. The van der Waals surface area contributed by atoms with Crippen LogP contribution in [-0.4, -0.2) is 34.2 Å². The molecule has 1 N–H and O–H groups in total. The molecular weight excluding hydrogens is 412 g/mol. The summed E-state index contributed by atoms with van der Waals surface area (Å²) in [6, 6.07) is 14.7. The van der Waals surface area contributed by atoms with Crippen LogP contribution in [0.3, 0.4) is 0 Å². The summed E-state index contributed by atoms with van der Waals surface area (Å²) in [7, 11) is -2.04. The van der Waals surface area contributed by atoms with E-state index in [2.05, 4.69) is 19.2 Å². The molecule has 31 heavy (non-hydrogen) atoms. The van der Waals surface area contributed by atoms with Gasteiger partial charge in [0, 0.05) is 0 Å². The first kappa shape index (κ1) is 24.7. The van der Waals surface area contributed by atoms with Crippen molar-refractivity contribution in [1.82, 2.24) is 5.32 Å². The van der Waals surface area contributed by atoms with Gasteiger partial charge in [-0.25, -0.2) is 8.42 Å². The molecule has 0 heterocycles. The van der Waals surface area contributed by atoms with E-state index in [4.69, 9.17) is 4.74 Å². The van der Waals surface area contributed by atoms with Gasteiger partial charge in [0.15, 0.2) is 0 Å². The second-order valence-corrected chi connectivity index (χ2v) is 10.4. The van der Waals surface area contributed by atoms with Gasteiger partial charge in [-0.2, -0.15) is 0 Å². The highest BCUT2D eigenvalue weighted by Crippen LogP contribution is 2.29. The number of benzene rings is 2. The zero-order valence-corrected chi connectivity index (χ0v) is 20.1. The van der Waals surface area contributed by atoms with Crippen molar-refractivity contribution in [2.24, 2.45) is 5.92 Å². The van der Waals surface area contributed by atoms with E-state index >= 15 is 0 Å². The third kappa shape index (κ3) is 6.99. The number of hydrogen-bond donors (Lipinski definition) is 1. The quantitative estimate of drug-likeness (QED) is 0.583. The first-order chi connectivity index (χ1) is 14.5. The Labute approximate surface area is 186 Å². The van der Waals surface area contributed by atoms with Gasteiger partial charge in [0.2, 0.25) is 15.9 Å². The molecule has 0 spiro atoms. The van der Waals surface area contributed by atoms with Crippen molar-refractivity contribution in [2.75, 3.05) is 24.2 Å². The van der Waals surface area contributed by atoms with Crippen molar-refractivity contribution in [3.05, 3.63) is 59.7 Å². The van der Waals surface area contributed by atoms with Crippen LogP contribution in [0.5, 0.6) is 5.75 Å². The van der Waals surface area contributed by atoms with Crippen LogP contribution >= 0.6 is 0 Å². The van der Waals surface area contributed by atoms with Crippen LogP contribution in [0.15, 0.2) is 48.5 Å². The van der Waals surface area contributed by atoms with Gasteiger partial charge < -0.3 is 10.1 Å². The Morgan fingerprint density at radius 2 is 1.65 bits per heavy atom. The Kier molecular flexibility index (Phi) is 8.51. The molecule has 0 aliphatic rings. The monoisotopic (exact) mass is 446 g/mol. The smallest absolute Gasteiger partial charge is 0.241 e. The lowest BCUT2D eigenvalue weighted by molar-refractivity contribution is -0.120. The molecule has 0 unspecified atom stereocenters. The Hall–Kier alpha value is -2.54. The van der Waals surface area contributed by atoms with Crippen molar-refractivity contribution in [1.29, 1.82) is 0 Å². The molecule has 0 bridgehead atoms. The van der Waals surface area contributed by atoms with Crippen LogP contribution in [0.4, 0.5) is 5.69 Å². The van der Waals surface area contributed by atoms with Crippen LogP contribution in [0.25, 0.3) is 0 Å². The van der Waals surface area contributed by atoms with Gasteiger partial charge >= 0.3 is 0 Å². The minimum atomic E-state index is -3.65. The van der Waals surface area contributed by atoms with E-state index in [0.717, 1.165) is 29.6 Å². The molecule has 170 valence electrons. The van der Waals surface area contributed by atoms with Gasteiger partial charge in [-0.3, -0.25) is 9.10 Å². The molecule has 6 nitrogen and oxygen atoms in total. The lowest BCUT2D eigenvalue weighted by Crippen LogP contribution is -2.42. The average Bonchev–Trinajstić information content (AvgIpc) is 2.70. The number of anilines is 1. The molecule has 0 aliphatic carbocycles. The standard InChI is InChI=1S/C24H34N2O4S/c1-17(2)15-22(19-11-13-20(30-5)14-12-19)25-24(27)16-26(31(6,28)29)23-10-8-7-9-21(23)18(3)4/h7-14,17-18,22H,15-16H2,1-6H3,(H,25,27)/t22-/m0/s1. The number of sulfonamides is 1. The van der Waals surface area contributed by atoms with Crippen LogP contribution in [0.2, 0.25) is 0 Å². The number of ether oxygens (including phenoxy) is 1. The summed E-state index contributed by atoms with van der Waals surface area (Å²) in [5, 5.41) is 3.04. The Morgan fingerprint density at radius 1 is 1.03 bits per heavy atom. The Bertz CT molecular complexity index is 969.